The number of amides is 1. The number of hydrogen-bond donors (Lipinski definition) is 0. The van der Waals surface area contributed by atoms with Crippen LogP contribution in [0.5, 0.6) is 0 Å². The maximum absolute atomic E-state index is 12.7. The first-order valence-corrected chi connectivity index (χ1v) is 8.10. The molecule has 0 unspecified atom stereocenters. The summed E-state index contributed by atoms with van der Waals surface area (Å²) in [5.41, 5.74) is 0.489. The van der Waals surface area contributed by atoms with Crippen LogP contribution in [0.4, 0.5) is 0 Å². The lowest BCUT2D eigenvalue weighted by Gasteiger charge is -2.24. The molecule has 0 aliphatic carbocycles. The van der Waals surface area contributed by atoms with Crippen molar-refractivity contribution in [1.82, 2.24) is 4.90 Å². The van der Waals surface area contributed by atoms with E-state index in [2.05, 4.69) is 6.07 Å². The molecule has 20 heavy (non-hydrogen) atoms. The summed E-state index contributed by atoms with van der Waals surface area (Å²) in [6, 6.07) is 9.29. The minimum atomic E-state index is -0.0339. The molecule has 1 aromatic carbocycles. The highest BCUT2D eigenvalue weighted by Crippen LogP contribution is 2.36. The second-order valence-electron chi connectivity index (χ2n) is 4.80. The number of benzene rings is 1. The van der Waals surface area contributed by atoms with E-state index in [0.29, 0.717) is 15.6 Å². The summed E-state index contributed by atoms with van der Waals surface area (Å²) < 4.78 is 0. The lowest BCUT2D eigenvalue weighted by atomic mass is 10.1. The summed E-state index contributed by atoms with van der Waals surface area (Å²) >= 11 is 13.8. The Morgan fingerprint density at radius 2 is 2.15 bits per heavy atom. The first kappa shape index (κ1) is 13.9. The third kappa shape index (κ3) is 2.58. The monoisotopic (exact) mass is 325 g/mol. The number of carbonyl (C=O) groups is 1. The second-order valence-corrected chi connectivity index (χ2v) is 6.62. The van der Waals surface area contributed by atoms with Crippen LogP contribution in [0, 0.1) is 0 Å². The van der Waals surface area contributed by atoms with Crippen molar-refractivity contribution in [2.45, 2.75) is 18.9 Å². The van der Waals surface area contributed by atoms with Crippen LogP contribution in [-0.4, -0.2) is 17.4 Å². The van der Waals surface area contributed by atoms with Gasteiger partial charge >= 0.3 is 0 Å². The summed E-state index contributed by atoms with van der Waals surface area (Å²) in [4.78, 5) is 15.8. The van der Waals surface area contributed by atoms with Crippen molar-refractivity contribution in [3.63, 3.8) is 0 Å². The normalized spacial score (nSPS) is 18.5. The van der Waals surface area contributed by atoms with Gasteiger partial charge in [-0.2, -0.15) is 0 Å². The highest BCUT2D eigenvalue weighted by Gasteiger charge is 2.32. The third-order valence-electron chi connectivity index (χ3n) is 3.54. The van der Waals surface area contributed by atoms with Gasteiger partial charge in [-0.15, -0.1) is 11.3 Å². The number of nitrogens with zero attached hydrogens (tertiary/aromatic N) is 1. The molecule has 1 aliphatic rings. The van der Waals surface area contributed by atoms with E-state index >= 15 is 0 Å². The average molecular weight is 326 g/mol. The highest BCUT2D eigenvalue weighted by molar-refractivity contribution is 7.10. The van der Waals surface area contributed by atoms with E-state index in [1.165, 1.54) is 4.88 Å². The van der Waals surface area contributed by atoms with Gasteiger partial charge in [-0.3, -0.25) is 4.79 Å². The molecule has 5 heteroatoms. The van der Waals surface area contributed by atoms with Gasteiger partial charge in [-0.25, -0.2) is 0 Å². The minimum absolute atomic E-state index is 0.0339. The van der Waals surface area contributed by atoms with Gasteiger partial charge in [0.1, 0.15) is 0 Å². The fourth-order valence-corrected chi connectivity index (χ4v) is 3.85. The molecule has 2 heterocycles. The van der Waals surface area contributed by atoms with Crippen LogP contribution in [0.1, 0.15) is 34.1 Å². The Kier molecular flexibility index (Phi) is 4.01. The lowest BCUT2D eigenvalue weighted by molar-refractivity contribution is 0.0738. The molecule has 1 saturated heterocycles. The number of halogens is 2. The van der Waals surface area contributed by atoms with Gasteiger partial charge in [0.25, 0.3) is 5.91 Å². The molecule has 0 bridgehead atoms. The average Bonchev–Trinajstić information content (AvgIpc) is 3.10. The fraction of sp³-hybridized carbons (Fsp3) is 0.267. The minimum Gasteiger partial charge on any atom is -0.331 e. The van der Waals surface area contributed by atoms with Gasteiger partial charge in [-0.1, -0.05) is 29.3 Å². The molecular formula is C15H13Cl2NOS. The van der Waals surface area contributed by atoms with Crippen LogP contribution in [0.3, 0.4) is 0 Å². The Bertz CT molecular complexity index is 627. The zero-order valence-corrected chi connectivity index (χ0v) is 13.0. The molecular weight excluding hydrogens is 313 g/mol. The molecule has 2 aromatic rings. The molecule has 1 aliphatic heterocycles. The SMILES string of the molecule is O=C(c1cc(Cl)ccc1Cl)N1CCC[C@@H]1c1cccs1. The predicted molar refractivity (Wildman–Crippen MR) is 83.8 cm³/mol. The molecule has 2 nitrogen and oxygen atoms in total. The van der Waals surface area contributed by atoms with Crippen molar-refractivity contribution in [1.29, 1.82) is 0 Å². The van der Waals surface area contributed by atoms with Gasteiger partial charge in [0.15, 0.2) is 0 Å². The van der Waals surface area contributed by atoms with Gasteiger partial charge < -0.3 is 4.90 Å². The van der Waals surface area contributed by atoms with Crippen LogP contribution >= 0.6 is 34.5 Å². The highest BCUT2D eigenvalue weighted by atomic mass is 35.5. The zero-order chi connectivity index (χ0) is 14.1. The van der Waals surface area contributed by atoms with Crippen molar-refractivity contribution in [3.8, 4) is 0 Å². The Hall–Kier alpha value is -1.03. The quantitative estimate of drug-likeness (QED) is 0.758. The van der Waals surface area contributed by atoms with Gasteiger partial charge in [0.2, 0.25) is 0 Å². The topological polar surface area (TPSA) is 20.3 Å². The van der Waals surface area contributed by atoms with E-state index in [0.717, 1.165) is 19.4 Å². The van der Waals surface area contributed by atoms with Crippen LogP contribution in [-0.2, 0) is 0 Å². The summed E-state index contributed by atoms with van der Waals surface area (Å²) in [5, 5.41) is 3.03. The molecule has 1 atom stereocenters. The number of hydrogen-bond acceptors (Lipinski definition) is 2. The Morgan fingerprint density at radius 1 is 1.30 bits per heavy atom. The Morgan fingerprint density at radius 3 is 2.90 bits per heavy atom. The number of carbonyl (C=O) groups excluding carboxylic acids is 1. The molecule has 3 rings (SSSR count). The van der Waals surface area contributed by atoms with E-state index in [1.54, 1.807) is 29.5 Å². The van der Waals surface area contributed by atoms with Crippen molar-refractivity contribution >= 4 is 40.4 Å². The molecule has 104 valence electrons. The van der Waals surface area contributed by atoms with Gasteiger partial charge in [0, 0.05) is 16.4 Å². The van der Waals surface area contributed by atoms with Crippen molar-refractivity contribution in [3.05, 3.63) is 56.2 Å². The number of likely N-dealkylation sites (tertiary alicyclic amines) is 1. The molecule has 1 amide bonds. The predicted octanol–water partition coefficient (Wildman–Crippen LogP) is 5.03. The first-order valence-electron chi connectivity index (χ1n) is 6.46. The third-order valence-corrected chi connectivity index (χ3v) is 5.08. The van der Waals surface area contributed by atoms with E-state index in [4.69, 9.17) is 23.2 Å². The molecule has 1 fully saturated rings. The fourth-order valence-electron chi connectivity index (χ4n) is 2.60. The number of thiophene rings is 1. The Labute approximate surface area is 131 Å². The molecule has 0 spiro atoms. The standard InChI is InChI=1S/C15H13Cl2NOS/c16-10-5-6-12(17)11(9-10)15(19)18-7-1-3-13(18)14-4-2-8-20-14/h2,4-6,8-9,13H,1,3,7H2/t13-/m1/s1. The van der Waals surface area contributed by atoms with Gasteiger partial charge in [-0.05, 0) is 42.5 Å². The van der Waals surface area contributed by atoms with Crippen LogP contribution in [0.15, 0.2) is 35.7 Å². The largest absolute Gasteiger partial charge is 0.331 e. The second kappa shape index (κ2) is 5.76. The maximum Gasteiger partial charge on any atom is 0.255 e. The van der Waals surface area contributed by atoms with E-state index < -0.39 is 0 Å². The van der Waals surface area contributed by atoms with E-state index in [-0.39, 0.29) is 11.9 Å². The van der Waals surface area contributed by atoms with Crippen molar-refractivity contribution in [2.24, 2.45) is 0 Å². The zero-order valence-electron chi connectivity index (χ0n) is 10.7. The lowest BCUT2D eigenvalue weighted by Crippen LogP contribution is -2.30. The molecule has 0 radical (unpaired) electrons. The molecule has 1 aromatic heterocycles. The van der Waals surface area contributed by atoms with Crippen molar-refractivity contribution in [2.75, 3.05) is 6.54 Å². The maximum atomic E-state index is 12.7. The Balaban J connectivity index is 1.91. The smallest absolute Gasteiger partial charge is 0.255 e. The van der Waals surface area contributed by atoms with Crippen LogP contribution in [0.2, 0.25) is 10.0 Å². The van der Waals surface area contributed by atoms with Gasteiger partial charge in [0.05, 0.1) is 16.6 Å². The first-order chi connectivity index (χ1) is 9.66. The molecule has 0 saturated carbocycles. The van der Waals surface area contributed by atoms with Crippen molar-refractivity contribution < 1.29 is 4.79 Å². The molecule has 0 N–H and O–H groups in total. The van der Waals surface area contributed by atoms with E-state index in [9.17, 15) is 4.79 Å². The van der Waals surface area contributed by atoms with Crippen LogP contribution < -0.4 is 0 Å². The van der Waals surface area contributed by atoms with Crippen LogP contribution in [0.25, 0.3) is 0 Å². The summed E-state index contributed by atoms with van der Waals surface area (Å²) in [7, 11) is 0. The van der Waals surface area contributed by atoms with E-state index in [1.807, 2.05) is 16.3 Å². The summed E-state index contributed by atoms with van der Waals surface area (Å²) in [6.07, 6.45) is 2.02. The summed E-state index contributed by atoms with van der Waals surface area (Å²) in [6.45, 7) is 0.768. The number of rotatable bonds is 2. The summed E-state index contributed by atoms with van der Waals surface area (Å²) in [5.74, 6) is -0.0339.